The third-order valence-electron chi connectivity index (χ3n) is 5.35. The Morgan fingerprint density at radius 2 is 2.10 bits per heavy atom. The highest BCUT2D eigenvalue weighted by atomic mass is 35.5. The molecule has 1 fully saturated rings. The summed E-state index contributed by atoms with van der Waals surface area (Å²) < 4.78 is 33.9. The molecule has 1 saturated heterocycles. The van der Waals surface area contributed by atoms with E-state index < -0.39 is 17.7 Å². The molecule has 2 aromatic rings. The number of halogens is 3. The van der Waals surface area contributed by atoms with Gasteiger partial charge in [0.05, 0.1) is 16.8 Å². The molecule has 4 N–H and O–H groups in total. The zero-order chi connectivity index (χ0) is 22.3. The number of aliphatic imine (C=N–C) groups is 1. The van der Waals surface area contributed by atoms with Crippen molar-refractivity contribution >= 4 is 29.0 Å². The Morgan fingerprint density at radius 1 is 1.35 bits per heavy atom. The number of ether oxygens (including phenoxy) is 1. The van der Waals surface area contributed by atoms with Gasteiger partial charge in [-0.25, -0.2) is 18.8 Å². The van der Waals surface area contributed by atoms with Crippen LogP contribution in [0.4, 0.5) is 14.6 Å². The summed E-state index contributed by atoms with van der Waals surface area (Å²) in [5, 5.41) is -0.330. The van der Waals surface area contributed by atoms with Crippen LogP contribution in [0.2, 0.25) is 5.02 Å². The molecule has 0 aliphatic carbocycles. The first-order valence-corrected chi connectivity index (χ1v) is 10.2. The molecule has 3 atom stereocenters. The van der Waals surface area contributed by atoms with E-state index in [0.717, 1.165) is 18.0 Å². The molecule has 2 aliphatic rings. The minimum absolute atomic E-state index is 0.0177. The van der Waals surface area contributed by atoms with E-state index in [4.69, 9.17) is 32.8 Å². The van der Waals surface area contributed by atoms with Crippen molar-refractivity contribution < 1.29 is 13.5 Å². The second kappa shape index (κ2) is 8.28. The number of pyridine rings is 1. The fourth-order valence-corrected chi connectivity index (χ4v) is 4.12. The van der Waals surface area contributed by atoms with E-state index in [0.29, 0.717) is 24.2 Å². The second-order valence-electron chi connectivity index (χ2n) is 7.55. The van der Waals surface area contributed by atoms with Crippen molar-refractivity contribution in [3.8, 4) is 5.75 Å². The molecule has 1 aromatic carbocycles. The number of rotatable bonds is 5. The van der Waals surface area contributed by atoms with Gasteiger partial charge in [0.15, 0.2) is 11.6 Å². The van der Waals surface area contributed by atoms with Gasteiger partial charge in [-0.3, -0.25) is 0 Å². The van der Waals surface area contributed by atoms with E-state index in [1.54, 1.807) is 19.2 Å². The summed E-state index contributed by atoms with van der Waals surface area (Å²) in [7, 11) is 0. The van der Waals surface area contributed by atoms with Crippen molar-refractivity contribution in [2.45, 2.75) is 31.5 Å². The van der Waals surface area contributed by atoms with Gasteiger partial charge in [-0.05, 0) is 31.2 Å². The number of hydrogen-bond acceptors (Lipinski definition) is 6. The van der Waals surface area contributed by atoms with Gasteiger partial charge < -0.3 is 21.1 Å². The zero-order valence-electron chi connectivity index (χ0n) is 16.9. The molecule has 1 aromatic heterocycles. The third kappa shape index (κ3) is 4.00. The fourth-order valence-electron chi connectivity index (χ4n) is 3.82. The number of benzene rings is 1. The number of hydrogen-bond donors (Lipinski definition) is 2. The molecule has 0 amide bonds. The number of nitrogens with two attached hydrogens (primary N) is 2. The molecule has 4 rings (SSSR count). The summed E-state index contributed by atoms with van der Waals surface area (Å²) in [6.07, 6.45) is 5.13. The van der Waals surface area contributed by atoms with Crippen molar-refractivity contribution in [3.05, 3.63) is 70.9 Å². The first kappa shape index (κ1) is 21.3. The molecule has 0 saturated carbocycles. The molecule has 2 unspecified atom stereocenters. The minimum atomic E-state index is -0.904. The van der Waals surface area contributed by atoms with Crippen LogP contribution < -0.4 is 16.2 Å². The minimum Gasteiger partial charge on any atom is -0.482 e. The third-order valence-corrected chi connectivity index (χ3v) is 5.74. The molecule has 9 heteroatoms. The number of aromatic nitrogens is 1. The van der Waals surface area contributed by atoms with E-state index >= 15 is 0 Å². The molecular weight excluding hydrogens is 424 g/mol. The van der Waals surface area contributed by atoms with Gasteiger partial charge in [0.25, 0.3) is 0 Å². The number of fused-ring (bicyclic) bond motifs is 1. The lowest BCUT2D eigenvalue weighted by atomic mass is 10.1. The molecule has 0 radical (unpaired) electrons. The Bertz CT molecular complexity index is 1100. The maximum atomic E-state index is 14.3. The van der Waals surface area contributed by atoms with Gasteiger partial charge in [0.2, 0.25) is 0 Å². The Morgan fingerprint density at radius 3 is 2.84 bits per heavy atom. The maximum absolute atomic E-state index is 14.3. The molecule has 3 heterocycles. The van der Waals surface area contributed by atoms with E-state index in [2.05, 4.69) is 16.5 Å². The first-order chi connectivity index (χ1) is 14.8. The van der Waals surface area contributed by atoms with Crippen molar-refractivity contribution in [2.24, 2.45) is 10.7 Å². The molecule has 0 bridgehead atoms. The Labute approximate surface area is 183 Å². The lowest BCUT2D eigenvalue weighted by Gasteiger charge is -2.29. The molecule has 0 spiro atoms. The summed E-state index contributed by atoms with van der Waals surface area (Å²) in [4.78, 5) is 11.0. The lowest BCUT2D eigenvalue weighted by Crippen LogP contribution is -2.37. The average Bonchev–Trinajstić information content (AvgIpc) is 3.12. The number of anilines is 1. The molecular formula is C22H22ClF2N5O. The standard InChI is InChI=1S/C22H22ClF2N5O/c1-3-14-8-17(29-19-7-13(26)10-30(14)19)12-6-18(22(27)28-9-12)31-11(2)20-15(24)4-5-16(25)21(20)23/h3-6,8-9,11,13-14H,1,7,10,26H2,2H3,(H2,27,28)/t11-,13?,14?/m1/s1. The molecule has 31 heavy (non-hydrogen) atoms. The predicted molar refractivity (Wildman–Crippen MR) is 118 cm³/mol. The Balaban J connectivity index is 1.65. The maximum Gasteiger partial charge on any atom is 0.166 e. The van der Waals surface area contributed by atoms with Crippen LogP contribution >= 0.6 is 11.6 Å². The number of nitrogens with zero attached hydrogens (tertiary/aromatic N) is 3. The average molecular weight is 446 g/mol. The van der Waals surface area contributed by atoms with Gasteiger partial charge >= 0.3 is 0 Å². The summed E-state index contributed by atoms with van der Waals surface area (Å²) in [6.45, 7) is 6.18. The normalized spacial score (nSPS) is 21.3. The van der Waals surface area contributed by atoms with Crippen molar-refractivity contribution in [1.29, 1.82) is 0 Å². The first-order valence-electron chi connectivity index (χ1n) is 9.78. The van der Waals surface area contributed by atoms with E-state index in [1.807, 2.05) is 12.2 Å². The SMILES string of the molecule is C=CC1C=C(c2cnc(N)c(O[C@H](C)c3c(F)ccc(F)c3Cl)c2)N=C2CC(N)CN21. The smallest absolute Gasteiger partial charge is 0.166 e. The van der Waals surface area contributed by atoms with Crippen LogP contribution in [0.5, 0.6) is 5.75 Å². The highest BCUT2D eigenvalue weighted by molar-refractivity contribution is 6.31. The fraction of sp³-hybridized carbons (Fsp3) is 0.273. The van der Waals surface area contributed by atoms with Crippen LogP contribution in [0.15, 0.2) is 48.1 Å². The quantitative estimate of drug-likeness (QED) is 0.534. The van der Waals surface area contributed by atoms with E-state index in [1.165, 1.54) is 0 Å². The van der Waals surface area contributed by atoms with Crippen LogP contribution in [0.1, 0.15) is 30.6 Å². The Hall–Kier alpha value is -2.97. The molecule has 162 valence electrons. The van der Waals surface area contributed by atoms with Crippen molar-refractivity contribution in [3.63, 3.8) is 0 Å². The Kier molecular flexibility index (Phi) is 5.68. The summed E-state index contributed by atoms with van der Waals surface area (Å²) >= 11 is 5.95. The largest absolute Gasteiger partial charge is 0.482 e. The monoisotopic (exact) mass is 445 g/mol. The van der Waals surface area contributed by atoms with Crippen LogP contribution in [-0.4, -0.2) is 34.3 Å². The van der Waals surface area contributed by atoms with Crippen LogP contribution in [0.25, 0.3) is 5.70 Å². The summed E-state index contributed by atoms with van der Waals surface area (Å²) in [5.41, 5.74) is 13.3. The summed E-state index contributed by atoms with van der Waals surface area (Å²) in [6, 6.07) is 3.62. The van der Waals surface area contributed by atoms with Crippen LogP contribution in [0, 0.1) is 11.6 Å². The zero-order valence-corrected chi connectivity index (χ0v) is 17.6. The molecule has 6 nitrogen and oxygen atoms in total. The second-order valence-corrected chi connectivity index (χ2v) is 7.93. The summed E-state index contributed by atoms with van der Waals surface area (Å²) in [5.74, 6) is -0.194. The predicted octanol–water partition coefficient (Wildman–Crippen LogP) is 4.08. The lowest BCUT2D eigenvalue weighted by molar-refractivity contribution is 0.221. The van der Waals surface area contributed by atoms with Gasteiger partial charge in [-0.15, -0.1) is 6.58 Å². The van der Waals surface area contributed by atoms with E-state index in [-0.39, 0.29) is 34.2 Å². The van der Waals surface area contributed by atoms with Gasteiger partial charge in [0, 0.05) is 36.3 Å². The number of nitrogen functional groups attached to an aromatic ring is 1. The number of amidine groups is 1. The van der Waals surface area contributed by atoms with Gasteiger partial charge in [0.1, 0.15) is 23.6 Å². The van der Waals surface area contributed by atoms with Crippen LogP contribution in [0.3, 0.4) is 0 Å². The van der Waals surface area contributed by atoms with Crippen molar-refractivity contribution in [2.75, 3.05) is 12.3 Å². The highest BCUT2D eigenvalue weighted by Gasteiger charge is 2.32. The topological polar surface area (TPSA) is 89.8 Å². The molecule has 2 aliphatic heterocycles. The van der Waals surface area contributed by atoms with Gasteiger partial charge in [-0.2, -0.15) is 0 Å². The van der Waals surface area contributed by atoms with Gasteiger partial charge in [-0.1, -0.05) is 17.7 Å². The highest BCUT2D eigenvalue weighted by Crippen LogP contribution is 2.35. The van der Waals surface area contributed by atoms with Crippen LogP contribution in [-0.2, 0) is 0 Å². The van der Waals surface area contributed by atoms with E-state index in [9.17, 15) is 8.78 Å². The van der Waals surface area contributed by atoms with Crippen molar-refractivity contribution in [1.82, 2.24) is 9.88 Å².